The molecule has 1 saturated carbocycles. The van der Waals surface area contributed by atoms with Crippen LogP contribution in [0, 0.1) is 0 Å². The van der Waals surface area contributed by atoms with Crippen molar-refractivity contribution in [3.8, 4) is 0 Å². The van der Waals surface area contributed by atoms with E-state index in [-0.39, 0.29) is 12.6 Å². The normalized spacial score (nSPS) is 16.8. The second kappa shape index (κ2) is 6.49. The summed E-state index contributed by atoms with van der Waals surface area (Å²) in [5.41, 5.74) is 3.71. The van der Waals surface area contributed by atoms with Crippen LogP contribution < -0.4 is 5.63 Å². The summed E-state index contributed by atoms with van der Waals surface area (Å²) in [5, 5.41) is 1.49. The average molecular weight is 395 g/mol. The van der Waals surface area contributed by atoms with Crippen molar-refractivity contribution >= 4 is 28.5 Å². The van der Waals surface area contributed by atoms with Gasteiger partial charge in [0.15, 0.2) is 0 Å². The summed E-state index contributed by atoms with van der Waals surface area (Å²) in [5.74, 6) is -0.252. The third-order valence-electron chi connectivity index (χ3n) is 5.94. The van der Waals surface area contributed by atoms with Crippen LogP contribution in [0.4, 0.5) is 0 Å². The molecular formula is C23H19ClO4. The van der Waals surface area contributed by atoms with Crippen LogP contribution in [0.15, 0.2) is 51.7 Å². The summed E-state index contributed by atoms with van der Waals surface area (Å²) in [6, 6.07) is 12.8. The van der Waals surface area contributed by atoms with Gasteiger partial charge in [0.05, 0.1) is 5.41 Å². The van der Waals surface area contributed by atoms with Crippen LogP contribution in [0.2, 0.25) is 5.02 Å². The number of hydrogen-bond donors (Lipinski definition) is 0. The van der Waals surface area contributed by atoms with Crippen molar-refractivity contribution in [3.05, 3.63) is 80.2 Å². The molecule has 1 heterocycles. The van der Waals surface area contributed by atoms with E-state index in [0.29, 0.717) is 16.2 Å². The Balaban J connectivity index is 1.42. The zero-order chi connectivity index (χ0) is 19.3. The van der Waals surface area contributed by atoms with Gasteiger partial charge in [-0.1, -0.05) is 23.7 Å². The Labute approximate surface area is 167 Å². The van der Waals surface area contributed by atoms with Crippen LogP contribution in [0.1, 0.15) is 41.5 Å². The summed E-state index contributed by atoms with van der Waals surface area (Å²) >= 11 is 5.96. The van der Waals surface area contributed by atoms with Gasteiger partial charge in [0.1, 0.15) is 12.2 Å². The number of halogens is 1. The zero-order valence-corrected chi connectivity index (χ0v) is 16.1. The third-order valence-corrected chi connectivity index (χ3v) is 6.19. The summed E-state index contributed by atoms with van der Waals surface area (Å²) in [6.07, 6.45) is 4.68. The van der Waals surface area contributed by atoms with E-state index in [0.717, 1.165) is 43.1 Å². The molecule has 2 aliphatic rings. The highest BCUT2D eigenvalue weighted by Crippen LogP contribution is 2.49. The van der Waals surface area contributed by atoms with E-state index in [4.69, 9.17) is 20.8 Å². The quantitative estimate of drug-likeness (QED) is 0.475. The second-order valence-electron chi connectivity index (χ2n) is 7.73. The van der Waals surface area contributed by atoms with Gasteiger partial charge < -0.3 is 9.15 Å². The fourth-order valence-corrected chi connectivity index (χ4v) is 4.33. The first-order valence-electron chi connectivity index (χ1n) is 9.57. The minimum atomic E-state index is -0.582. The van der Waals surface area contributed by atoms with Gasteiger partial charge >= 0.3 is 11.6 Å². The van der Waals surface area contributed by atoms with Gasteiger partial charge in [-0.25, -0.2) is 4.79 Å². The maximum atomic E-state index is 12.8. The fourth-order valence-electron chi connectivity index (χ4n) is 4.20. The number of rotatable bonds is 4. The van der Waals surface area contributed by atoms with Gasteiger partial charge in [-0.2, -0.15) is 0 Å². The Morgan fingerprint density at radius 2 is 1.79 bits per heavy atom. The minimum absolute atomic E-state index is 0.0645. The first kappa shape index (κ1) is 17.5. The average Bonchev–Trinajstić information content (AvgIpc) is 3.37. The lowest BCUT2D eigenvalue weighted by atomic mass is 9.96. The predicted molar refractivity (Wildman–Crippen MR) is 107 cm³/mol. The summed E-state index contributed by atoms with van der Waals surface area (Å²) < 4.78 is 11.1. The number of carbonyl (C=O) groups is 1. The Bertz CT molecular complexity index is 1140. The summed E-state index contributed by atoms with van der Waals surface area (Å²) in [6.45, 7) is 0.0645. The van der Waals surface area contributed by atoms with Crippen LogP contribution in [0.25, 0.3) is 11.0 Å². The lowest BCUT2D eigenvalue weighted by Gasteiger charge is -2.16. The van der Waals surface area contributed by atoms with Crippen molar-refractivity contribution in [2.24, 2.45) is 0 Å². The highest BCUT2D eigenvalue weighted by molar-refractivity contribution is 6.30. The molecule has 1 fully saturated rings. The molecule has 0 amide bonds. The lowest BCUT2D eigenvalue weighted by Crippen LogP contribution is -2.23. The van der Waals surface area contributed by atoms with Crippen LogP contribution in [-0.4, -0.2) is 5.97 Å². The molecule has 0 radical (unpaired) electrons. The van der Waals surface area contributed by atoms with Crippen LogP contribution in [0.3, 0.4) is 0 Å². The fraction of sp³-hybridized carbons (Fsp3) is 0.304. The molecule has 28 heavy (non-hydrogen) atoms. The molecule has 0 unspecified atom stereocenters. The molecule has 5 rings (SSSR count). The van der Waals surface area contributed by atoms with Crippen LogP contribution >= 0.6 is 11.6 Å². The van der Waals surface area contributed by atoms with Crippen molar-refractivity contribution in [2.75, 3.05) is 0 Å². The van der Waals surface area contributed by atoms with Gasteiger partial charge in [-0.3, -0.25) is 4.79 Å². The third kappa shape index (κ3) is 2.92. The molecule has 3 aromatic rings. The van der Waals surface area contributed by atoms with Gasteiger partial charge in [-0.05, 0) is 73.1 Å². The molecule has 0 bridgehead atoms. The number of esters is 1. The highest BCUT2D eigenvalue weighted by atomic mass is 35.5. The summed E-state index contributed by atoms with van der Waals surface area (Å²) in [4.78, 5) is 24.8. The number of ether oxygens (including phenoxy) is 1. The Kier molecular flexibility index (Phi) is 4.06. The van der Waals surface area contributed by atoms with Crippen molar-refractivity contribution < 1.29 is 13.9 Å². The van der Waals surface area contributed by atoms with Gasteiger partial charge in [0, 0.05) is 22.0 Å². The number of benzene rings is 2. The van der Waals surface area contributed by atoms with Gasteiger partial charge in [0.25, 0.3) is 0 Å². The van der Waals surface area contributed by atoms with E-state index < -0.39 is 11.0 Å². The Hall–Kier alpha value is -2.59. The smallest absolute Gasteiger partial charge is 0.336 e. The maximum absolute atomic E-state index is 12.8. The number of hydrogen-bond acceptors (Lipinski definition) is 4. The first-order chi connectivity index (χ1) is 13.5. The standard InChI is InChI=1S/C23H19ClO4/c24-18-6-4-17(5-7-18)23(8-9-23)22(26)27-13-16-12-21(25)28-20-11-15-3-1-2-14(15)10-19(16)20/h4-7,10-12H,1-3,8-9,13H2. The monoisotopic (exact) mass is 394 g/mol. The van der Waals surface area contributed by atoms with E-state index in [1.54, 1.807) is 12.1 Å². The minimum Gasteiger partial charge on any atom is -0.460 e. The molecule has 2 aromatic carbocycles. The highest BCUT2D eigenvalue weighted by Gasteiger charge is 2.52. The van der Waals surface area contributed by atoms with Crippen LogP contribution in [0.5, 0.6) is 0 Å². The molecule has 2 aliphatic carbocycles. The molecule has 1 aromatic heterocycles. The number of aryl methyl sites for hydroxylation is 2. The van der Waals surface area contributed by atoms with Crippen molar-refractivity contribution in [3.63, 3.8) is 0 Å². The number of fused-ring (bicyclic) bond motifs is 2. The SMILES string of the molecule is O=C(OCc1cc(=O)oc2cc3c(cc12)CCC3)C1(c2ccc(Cl)cc2)CC1. The topological polar surface area (TPSA) is 56.5 Å². The molecule has 5 heteroatoms. The molecule has 0 N–H and O–H groups in total. The maximum Gasteiger partial charge on any atom is 0.336 e. The van der Waals surface area contributed by atoms with E-state index >= 15 is 0 Å². The second-order valence-corrected chi connectivity index (χ2v) is 8.16. The van der Waals surface area contributed by atoms with Crippen LogP contribution in [-0.2, 0) is 34.4 Å². The van der Waals surface area contributed by atoms with E-state index in [9.17, 15) is 9.59 Å². The molecule has 4 nitrogen and oxygen atoms in total. The molecule has 0 spiro atoms. The first-order valence-corrected chi connectivity index (χ1v) is 9.95. The molecular weight excluding hydrogens is 376 g/mol. The molecule has 0 aliphatic heterocycles. The summed E-state index contributed by atoms with van der Waals surface area (Å²) in [7, 11) is 0. The predicted octanol–water partition coefficient (Wildman–Crippen LogP) is 4.71. The van der Waals surface area contributed by atoms with E-state index in [1.807, 2.05) is 18.2 Å². The zero-order valence-electron chi connectivity index (χ0n) is 15.3. The molecule has 0 atom stereocenters. The van der Waals surface area contributed by atoms with Gasteiger partial charge in [0.2, 0.25) is 0 Å². The Morgan fingerprint density at radius 3 is 2.50 bits per heavy atom. The van der Waals surface area contributed by atoms with Crippen molar-refractivity contribution in [1.29, 1.82) is 0 Å². The van der Waals surface area contributed by atoms with E-state index in [1.165, 1.54) is 17.2 Å². The van der Waals surface area contributed by atoms with Crippen molar-refractivity contribution in [1.82, 2.24) is 0 Å². The molecule has 0 saturated heterocycles. The Morgan fingerprint density at radius 1 is 1.07 bits per heavy atom. The molecule has 142 valence electrons. The number of carbonyl (C=O) groups excluding carboxylic acids is 1. The van der Waals surface area contributed by atoms with Gasteiger partial charge in [-0.15, -0.1) is 0 Å². The lowest BCUT2D eigenvalue weighted by molar-refractivity contribution is -0.148. The van der Waals surface area contributed by atoms with Crippen molar-refractivity contribution in [2.45, 2.75) is 44.1 Å². The largest absolute Gasteiger partial charge is 0.460 e. The van der Waals surface area contributed by atoms with E-state index in [2.05, 4.69) is 6.07 Å².